The number of rotatable bonds is 4. The first-order valence-electron chi connectivity index (χ1n) is 8.67. The van der Waals surface area contributed by atoms with E-state index in [1.165, 1.54) is 0 Å². The molecular formula is C17H24N6O. The predicted octanol–water partition coefficient (Wildman–Crippen LogP) is 1.88. The van der Waals surface area contributed by atoms with Crippen LogP contribution in [0.4, 0.5) is 11.8 Å². The summed E-state index contributed by atoms with van der Waals surface area (Å²) in [6.07, 6.45) is 2.79. The summed E-state index contributed by atoms with van der Waals surface area (Å²) < 4.78 is 2.04. The minimum absolute atomic E-state index is 0.401. The van der Waals surface area contributed by atoms with Gasteiger partial charge in [-0.2, -0.15) is 10.1 Å². The summed E-state index contributed by atoms with van der Waals surface area (Å²) in [4.78, 5) is 11.4. The Labute approximate surface area is 141 Å². The van der Waals surface area contributed by atoms with E-state index in [2.05, 4.69) is 31.3 Å². The first-order valence-corrected chi connectivity index (χ1v) is 8.67. The van der Waals surface area contributed by atoms with Gasteiger partial charge in [0.2, 0.25) is 5.95 Å². The quantitative estimate of drug-likeness (QED) is 0.892. The van der Waals surface area contributed by atoms with Crippen LogP contribution in [0.25, 0.3) is 0 Å². The summed E-state index contributed by atoms with van der Waals surface area (Å²) in [6, 6.07) is 3.99. The van der Waals surface area contributed by atoms with E-state index < -0.39 is 6.10 Å². The molecule has 0 saturated heterocycles. The Morgan fingerprint density at radius 1 is 1.25 bits per heavy atom. The number of aryl methyl sites for hydroxylation is 2. The zero-order chi connectivity index (χ0) is 16.7. The number of hydrogen-bond donors (Lipinski definition) is 2. The number of aliphatic hydroxyl groups excluding tert-OH is 1. The minimum Gasteiger partial charge on any atom is -0.386 e. The fourth-order valence-electron chi connectivity index (χ4n) is 3.28. The summed E-state index contributed by atoms with van der Waals surface area (Å²) in [5.74, 6) is 1.98. The molecule has 1 aliphatic heterocycles. The van der Waals surface area contributed by atoms with Crippen molar-refractivity contribution in [2.75, 3.05) is 23.8 Å². The first-order chi connectivity index (χ1) is 11.6. The van der Waals surface area contributed by atoms with Crippen LogP contribution < -0.4 is 10.2 Å². The van der Waals surface area contributed by atoms with Crippen LogP contribution in [0.2, 0.25) is 0 Å². The molecule has 2 aromatic rings. The highest BCUT2D eigenvalue weighted by Crippen LogP contribution is 2.40. The van der Waals surface area contributed by atoms with Crippen molar-refractivity contribution >= 4 is 11.8 Å². The van der Waals surface area contributed by atoms with Crippen LogP contribution in [0.5, 0.6) is 0 Å². The number of aromatic nitrogens is 4. The molecule has 7 nitrogen and oxygen atoms in total. The van der Waals surface area contributed by atoms with Gasteiger partial charge >= 0.3 is 0 Å². The molecule has 0 spiro atoms. The average molecular weight is 328 g/mol. The van der Waals surface area contributed by atoms with Gasteiger partial charge in [-0.1, -0.05) is 0 Å². The topological polar surface area (TPSA) is 79.1 Å². The molecule has 1 fully saturated rings. The van der Waals surface area contributed by atoms with Crippen molar-refractivity contribution in [1.29, 1.82) is 0 Å². The van der Waals surface area contributed by atoms with Crippen LogP contribution >= 0.6 is 0 Å². The largest absolute Gasteiger partial charge is 0.386 e. The number of anilines is 2. The lowest BCUT2D eigenvalue weighted by molar-refractivity contribution is 0.148. The predicted molar refractivity (Wildman–Crippen MR) is 91.9 cm³/mol. The van der Waals surface area contributed by atoms with E-state index in [-0.39, 0.29) is 0 Å². The SMILES string of the molecule is CNc1cc(C)nc(N2CCCn3nc(C(O)C4CC4)cc3C2)n1. The monoisotopic (exact) mass is 328 g/mol. The van der Waals surface area contributed by atoms with Crippen molar-refractivity contribution in [3.05, 3.63) is 29.2 Å². The fourth-order valence-corrected chi connectivity index (χ4v) is 3.28. The van der Waals surface area contributed by atoms with E-state index in [1.807, 2.05) is 24.7 Å². The Morgan fingerprint density at radius 3 is 2.83 bits per heavy atom. The second kappa shape index (κ2) is 6.05. The van der Waals surface area contributed by atoms with E-state index in [1.54, 1.807) is 0 Å². The lowest BCUT2D eigenvalue weighted by atomic mass is 10.1. The van der Waals surface area contributed by atoms with Crippen molar-refractivity contribution < 1.29 is 5.11 Å². The zero-order valence-corrected chi connectivity index (χ0v) is 14.2. The molecule has 24 heavy (non-hydrogen) atoms. The Balaban J connectivity index is 1.60. The maximum atomic E-state index is 10.3. The standard InChI is InChI=1S/C17H24N6O/c1-11-8-15(18-2)20-17(19-11)22-6-3-7-23-13(10-22)9-14(21-23)16(24)12-4-5-12/h8-9,12,16,24H,3-7,10H2,1-2H3,(H,18,19,20). The molecular weight excluding hydrogens is 304 g/mol. The van der Waals surface area contributed by atoms with Crippen LogP contribution in [0.15, 0.2) is 12.1 Å². The second-order valence-electron chi connectivity index (χ2n) is 6.79. The van der Waals surface area contributed by atoms with Crippen molar-refractivity contribution in [1.82, 2.24) is 19.7 Å². The summed E-state index contributed by atoms with van der Waals surface area (Å²) in [7, 11) is 1.87. The van der Waals surface area contributed by atoms with Crippen molar-refractivity contribution in [2.45, 2.75) is 45.4 Å². The van der Waals surface area contributed by atoms with Gasteiger partial charge in [-0.3, -0.25) is 4.68 Å². The van der Waals surface area contributed by atoms with Gasteiger partial charge in [0.1, 0.15) is 11.9 Å². The summed E-state index contributed by atoms with van der Waals surface area (Å²) >= 11 is 0. The molecule has 0 radical (unpaired) electrons. The van der Waals surface area contributed by atoms with Gasteiger partial charge in [-0.25, -0.2) is 4.98 Å². The summed E-state index contributed by atoms with van der Waals surface area (Å²) in [5.41, 5.74) is 2.89. The Bertz CT molecular complexity index is 739. The second-order valence-corrected chi connectivity index (χ2v) is 6.79. The molecule has 0 amide bonds. The van der Waals surface area contributed by atoms with Crippen LogP contribution in [0.1, 0.15) is 42.4 Å². The van der Waals surface area contributed by atoms with Crippen molar-refractivity contribution in [2.24, 2.45) is 5.92 Å². The Kier molecular flexibility index (Phi) is 3.88. The highest BCUT2D eigenvalue weighted by atomic mass is 16.3. The molecule has 4 rings (SSSR count). The van der Waals surface area contributed by atoms with E-state index >= 15 is 0 Å². The van der Waals surface area contributed by atoms with Gasteiger partial charge in [0.25, 0.3) is 0 Å². The van der Waals surface area contributed by atoms with Gasteiger partial charge in [0.05, 0.1) is 17.9 Å². The number of aliphatic hydroxyl groups is 1. The lowest BCUT2D eigenvalue weighted by Crippen LogP contribution is -2.25. The first kappa shape index (κ1) is 15.4. The normalized spacial score (nSPS) is 18.9. The van der Waals surface area contributed by atoms with Gasteiger partial charge in [0, 0.05) is 31.9 Å². The third-order valence-electron chi connectivity index (χ3n) is 4.79. The Morgan fingerprint density at radius 2 is 2.08 bits per heavy atom. The molecule has 1 aliphatic carbocycles. The number of nitrogens with zero attached hydrogens (tertiary/aromatic N) is 5. The minimum atomic E-state index is -0.413. The fraction of sp³-hybridized carbons (Fsp3) is 0.588. The smallest absolute Gasteiger partial charge is 0.227 e. The van der Waals surface area contributed by atoms with E-state index in [0.29, 0.717) is 5.92 Å². The molecule has 0 bridgehead atoms. The van der Waals surface area contributed by atoms with Gasteiger partial charge in [-0.05, 0) is 38.2 Å². The van der Waals surface area contributed by atoms with Gasteiger partial charge in [0.15, 0.2) is 0 Å². The van der Waals surface area contributed by atoms with E-state index in [4.69, 9.17) is 0 Å². The maximum absolute atomic E-state index is 10.3. The molecule has 3 heterocycles. The molecule has 0 aromatic carbocycles. The molecule has 128 valence electrons. The molecule has 2 N–H and O–H groups in total. The van der Waals surface area contributed by atoms with Crippen LogP contribution in [-0.2, 0) is 13.1 Å². The maximum Gasteiger partial charge on any atom is 0.227 e. The van der Waals surface area contributed by atoms with Gasteiger partial charge < -0.3 is 15.3 Å². The average Bonchev–Trinajstić information content (AvgIpc) is 3.37. The van der Waals surface area contributed by atoms with Crippen LogP contribution in [0, 0.1) is 12.8 Å². The molecule has 7 heteroatoms. The number of fused-ring (bicyclic) bond motifs is 1. The highest BCUT2D eigenvalue weighted by Gasteiger charge is 2.33. The molecule has 2 aromatic heterocycles. The van der Waals surface area contributed by atoms with E-state index in [9.17, 15) is 5.11 Å². The molecule has 1 atom stereocenters. The lowest BCUT2D eigenvalue weighted by Gasteiger charge is -2.20. The van der Waals surface area contributed by atoms with E-state index in [0.717, 1.165) is 67.7 Å². The van der Waals surface area contributed by atoms with Crippen molar-refractivity contribution in [3.8, 4) is 0 Å². The van der Waals surface area contributed by atoms with Crippen LogP contribution in [0.3, 0.4) is 0 Å². The molecule has 1 saturated carbocycles. The Hall–Kier alpha value is -2.15. The summed E-state index contributed by atoms with van der Waals surface area (Å²) in [6.45, 7) is 4.47. The number of hydrogen-bond acceptors (Lipinski definition) is 6. The van der Waals surface area contributed by atoms with Gasteiger partial charge in [-0.15, -0.1) is 0 Å². The number of nitrogens with one attached hydrogen (secondary N) is 1. The third kappa shape index (κ3) is 2.96. The molecule has 1 unspecified atom stereocenters. The highest BCUT2D eigenvalue weighted by molar-refractivity contribution is 5.43. The zero-order valence-electron chi connectivity index (χ0n) is 14.2. The third-order valence-corrected chi connectivity index (χ3v) is 4.79. The van der Waals surface area contributed by atoms with Crippen molar-refractivity contribution in [3.63, 3.8) is 0 Å². The summed E-state index contributed by atoms with van der Waals surface area (Å²) in [5, 5.41) is 18.1. The molecule has 2 aliphatic rings. The van der Waals surface area contributed by atoms with Crippen LogP contribution in [-0.4, -0.2) is 38.4 Å².